The van der Waals surface area contributed by atoms with Crippen LogP contribution in [0.4, 0.5) is 13.2 Å². The van der Waals surface area contributed by atoms with Gasteiger partial charge in [-0.3, -0.25) is 4.40 Å². The molecular weight excluding hydrogens is 239 g/mol. The normalized spacial score (nSPS) is 12.6. The van der Waals surface area contributed by atoms with Gasteiger partial charge in [-0.15, -0.1) is 11.3 Å². The number of aryl methyl sites for hydroxylation is 1. The van der Waals surface area contributed by atoms with Crippen LogP contribution < -0.4 is 5.73 Å². The number of imidazole rings is 1. The van der Waals surface area contributed by atoms with E-state index in [4.69, 9.17) is 5.73 Å². The maximum atomic E-state index is 12.6. The van der Waals surface area contributed by atoms with Gasteiger partial charge >= 0.3 is 6.18 Å². The highest BCUT2D eigenvalue weighted by atomic mass is 32.1. The molecular formula is C9H10F3N3S. The summed E-state index contributed by atoms with van der Waals surface area (Å²) in [5, 5.41) is 0. The summed E-state index contributed by atoms with van der Waals surface area (Å²) in [5.41, 5.74) is 5.37. The van der Waals surface area contributed by atoms with Crippen molar-refractivity contribution in [2.45, 2.75) is 19.5 Å². The molecule has 3 nitrogen and oxygen atoms in total. The number of nitrogens with zero attached hydrogens (tertiary/aromatic N) is 2. The van der Waals surface area contributed by atoms with Crippen LogP contribution in [0.1, 0.15) is 16.3 Å². The van der Waals surface area contributed by atoms with E-state index in [9.17, 15) is 13.2 Å². The summed E-state index contributed by atoms with van der Waals surface area (Å²) >= 11 is 1.11. The number of rotatable bonds is 2. The Hall–Kier alpha value is -1.08. The Balaban J connectivity index is 2.60. The van der Waals surface area contributed by atoms with E-state index in [2.05, 4.69) is 4.98 Å². The molecule has 0 bridgehead atoms. The lowest BCUT2D eigenvalue weighted by Crippen LogP contribution is -2.05. The van der Waals surface area contributed by atoms with Crippen molar-refractivity contribution in [3.8, 4) is 0 Å². The van der Waals surface area contributed by atoms with Crippen molar-refractivity contribution in [1.29, 1.82) is 0 Å². The van der Waals surface area contributed by atoms with Gasteiger partial charge in [0.15, 0.2) is 5.69 Å². The van der Waals surface area contributed by atoms with Gasteiger partial charge in [-0.1, -0.05) is 0 Å². The maximum absolute atomic E-state index is 12.6. The second kappa shape index (κ2) is 3.74. The first-order valence-corrected chi connectivity index (χ1v) is 5.49. The minimum Gasteiger partial charge on any atom is -0.330 e. The van der Waals surface area contributed by atoms with E-state index >= 15 is 0 Å². The fourth-order valence-corrected chi connectivity index (χ4v) is 2.80. The minimum absolute atomic E-state index is 0.147. The first-order chi connectivity index (χ1) is 7.45. The molecule has 0 radical (unpaired) electrons. The van der Waals surface area contributed by atoms with E-state index in [1.165, 1.54) is 10.7 Å². The topological polar surface area (TPSA) is 43.3 Å². The van der Waals surface area contributed by atoms with Gasteiger partial charge in [0.2, 0.25) is 0 Å². The molecule has 0 fully saturated rings. The van der Waals surface area contributed by atoms with Gasteiger partial charge in [0.1, 0.15) is 11.2 Å². The Labute approximate surface area is 93.7 Å². The summed E-state index contributed by atoms with van der Waals surface area (Å²) < 4.78 is 39.2. The summed E-state index contributed by atoms with van der Waals surface area (Å²) in [6.45, 7) is 2.20. The van der Waals surface area contributed by atoms with Crippen molar-refractivity contribution in [2.24, 2.45) is 5.73 Å². The van der Waals surface area contributed by atoms with Crippen LogP contribution in [0.25, 0.3) is 4.83 Å². The minimum atomic E-state index is -4.40. The van der Waals surface area contributed by atoms with Gasteiger partial charge < -0.3 is 5.73 Å². The molecule has 0 atom stereocenters. The highest BCUT2D eigenvalue weighted by Crippen LogP contribution is 2.35. The van der Waals surface area contributed by atoms with E-state index in [1.807, 2.05) is 0 Å². The molecule has 2 rings (SSSR count). The van der Waals surface area contributed by atoms with Crippen LogP contribution in [-0.4, -0.2) is 15.9 Å². The SMILES string of the molecule is Cc1c(CCN)sc2c(C(F)(F)F)ncn12. The predicted octanol–water partition coefficient (Wildman–Crippen LogP) is 2.22. The summed E-state index contributed by atoms with van der Waals surface area (Å²) in [7, 11) is 0. The number of hydrogen-bond donors (Lipinski definition) is 1. The van der Waals surface area contributed by atoms with E-state index in [0.29, 0.717) is 13.0 Å². The molecule has 0 aromatic carbocycles. The van der Waals surface area contributed by atoms with Gasteiger partial charge in [0.25, 0.3) is 0 Å². The smallest absolute Gasteiger partial charge is 0.330 e. The summed E-state index contributed by atoms with van der Waals surface area (Å²) in [6, 6.07) is 0. The Kier molecular flexibility index (Phi) is 2.67. The zero-order valence-corrected chi connectivity index (χ0v) is 9.32. The van der Waals surface area contributed by atoms with Crippen molar-refractivity contribution in [2.75, 3.05) is 6.54 Å². The Bertz CT molecular complexity index is 512. The van der Waals surface area contributed by atoms with Crippen LogP contribution in [0.15, 0.2) is 6.33 Å². The van der Waals surface area contributed by atoms with Crippen molar-refractivity contribution in [3.63, 3.8) is 0 Å². The van der Waals surface area contributed by atoms with E-state index in [1.54, 1.807) is 6.92 Å². The number of nitrogens with two attached hydrogens (primary N) is 1. The number of fused-ring (bicyclic) bond motifs is 1. The Morgan fingerprint density at radius 3 is 2.75 bits per heavy atom. The Morgan fingerprint density at radius 1 is 1.50 bits per heavy atom. The molecule has 0 aliphatic carbocycles. The average molecular weight is 249 g/mol. The van der Waals surface area contributed by atoms with Gasteiger partial charge in [0, 0.05) is 10.6 Å². The van der Waals surface area contributed by atoms with Crippen molar-refractivity contribution in [3.05, 3.63) is 22.6 Å². The Morgan fingerprint density at radius 2 is 2.19 bits per heavy atom. The van der Waals surface area contributed by atoms with Crippen molar-refractivity contribution >= 4 is 16.2 Å². The lowest BCUT2D eigenvalue weighted by Gasteiger charge is -2.00. The zero-order valence-electron chi connectivity index (χ0n) is 8.51. The van der Waals surface area contributed by atoms with Crippen molar-refractivity contribution in [1.82, 2.24) is 9.38 Å². The number of halogens is 3. The average Bonchev–Trinajstić information content (AvgIpc) is 2.68. The molecule has 16 heavy (non-hydrogen) atoms. The first kappa shape index (κ1) is 11.4. The predicted molar refractivity (Wildman–Crippen MR) is 55.6 cm³/mol. The molecule has 2 N–H and O–H groups in total. The van der Waals surface area contributed by atoms with Crippen LogP contribution in [0.5, 0.6) is 0 Å². The molecule has 0 aliphatic rings. The first-order valence-electron chi connectivity index (χ1n) is 4.67. The molecule has 2 aromatic rings. The number of aromatic nitrogens is 2. The van der Waals surface area contributed by atoms with Gasteiger partial charge in [-0.25, -0.2) is 4.98 Å². The molecule has 0 spiro atoms. The van der Waals surface area contributed by atoms with Crippen LogP contribution in [-0.2, 0) is 12.6 Å². The van der Waals surface area contributed by atoms with E-state index in [0.717, 1.165) is 21.9 Å². The van der Waals surface area contributed by atoms with Gasteiger partial charge in [-0.05, 0) is 19.9 Å². The third kappa shape index (κ3) is 1.69. The van der Waals surface area contributed by atoms with Crippen LogP contribution in [0.2, 0.25) is 0 Å². The summed E-state index contributed by atoms with van der Waals surface area (Å²) in [4.78, 5) is 4.43. The van der Waals surface area contributed by atoms with Crippen molar-refractivity contribution < 1.29 is 13.2 Å². The summed E-state index contributed by atoms with van der Waals surface area (Å²) in [5.74, 6) is 0. The number of hydrogen-bond acceptors (Lipinski definition) is 3. The molecule has 0 amide bonds. The van der Waals surface area contributed by atoms with E-state index < -0.39 is 11.9 Å². The summed E-state index contributed by atoms with van der Waals surface area (Å²) in [6.07, 6.45) is -2.59. The quantitative estimate of drug-likeness (QED) is 0.886. The number of thiazole rings is 1. The van der Waals surface area contributed by atoms with Gasteiger partial charge in [-0.2, -0.15) is 13.2 Å². The molecule has 88 valence electrons. The number of alkyl halides is 3. The fourth-order valence-electron chi connectivity index (χ4n) is 1.56. The monoisotopic (exact) mass is 249 g/mol. The highest BCUT2D eigenvalue weighted by Gasteiger charge is 2.36. The molecule has 0 aliphatic heterocycles. The molecule has 2 aromatic heterocycles. The third-order valence-electron chi connectivity index (χ3n) is 2.35. The second-order valence-corrected chi connectivity index (χ2v) is 4.50. The second-order valence-electron chi connectivity index (χ2n) is 3.42. The maximum Gasteiger partial charge on any atom is 0.436 e. The van der Waals surface area contributed by atoms with Crippen LogP contribution in [0.3, 0.4) is 0 Å². The zero-order chi connectivity index (χ0) is 11.9. The highest BCUT2D eigenvalue weighted by molar-refractivity contribution is 7.17. The molecule has 0 saturated heterocycles. The standard InChI is InChI=1S/C9H10F3N3S/c1-5-6(2-3-13)16-8-7(9(10,11)12)14-4-15(5)8/h4H,2-3,13H2,1H3. The third-order valence-corrected chi connectivity index (χ3v) is 3.68. The van der Waals surface area contributed by atoms with Crippen LogP contribution >= 0.6 is 11.3 Å². The fraction of sp³-hybridized carbons (Fsp3) is 0.444. The molecule has 2 heterocycles. The molecule has 0 unspecified atom stereocenters. The van der Waals surface area contributed by atoms with Gasteiger partial charge in [0.05, 0.1) is 0 Å². The van der Waals surface area contributed by atoms with Crippen LogP contribution in [0, 0.1) is 6.92 Å². The largest absolute Gasteiger partial charge is 0.436 e. The van der Waals surface area contributed by atoms with E-state index in [-0.39, 0.29) is 4.83 Å². The molecule has 7 heteroatoms. The molecule has 0 saturated carbocycles. The lowest BCUT2D eigenvalue weighted by molar-refractivity contribution is -0.139. The lowest BCUT2D eigenvalue weighted by atomic mass is 10.3.